The van der Waals surface area contributed by atoms with Crippen molar-refractivity contribution in [1.82, 2.24) is 4.90 Å². The summed E-state index contributed by atoms with van der Waals surface area (Å²) in [5.41, 5.74) is 1.36. The van der Waals surface area contributed by atoms with Crippen molar-refractivity contribution in [3.63, 3.8) is 0 Å². The van der Waals surface area contributed by atoms with Crippen molar-refractivity contribution in [2.45, 2.75) is 32.0 Å². The monoisotopic (exact) mass is 415 g/mol. The van der Waals surface area contributed by atoms with Crippen LogP contribution in [-0.4, -0.2) is 54.3 Å². The highest BCUT2D eigenvalue weighted by atomic mass is 32.1. The van der Waals surface area contributed by atoms with Gasteiger partial charge in [0.15, 0.2) is 0 Å². The largest absolute Gasteiger partial charge is 0.487 e. The van der Waals surface area contributed by atoms with Crippen molar-refractivity contribution >= 4 is 23.2 Å². The molecule has 0 radical (unpaired) electrons. The van der Waals surface area contributed by atoms with Crippen LogP contribution >= 0.6 is 11.3 Å². The number of carbonyl (C=O) groups is 2. The number of carbonyl (C=O) groups excluding carboxylic acids is 2. The summed E-state index contributed by atoms with van der Waals surface area (Å²) in [6.45, 7) is 3.30. The summed E-state index contributed by atoms with van der Waals surface area (Å²) in [5.74, 6) is 0.576. The van der Waals surface area contributed by atoms with Crippen LogP contribution < -0.4 is 4.74 Å². The molecule has 1 saturated carbocycles. The molecule has 1 aliphatic heterocycles. The molecule has 0 spiro atoms. The molecule has 4 rings (SSSR count). The molecule has 6 nitrogen and oxygen atoms in total. The van der Waals surface area contributed by atoms with Crippen LogP contribution in [-0.2, 0) is 4.74 Å². The predicted octanol–water partition coefficient (Wildman–Crippen LogP) is 3.13. The number of benzene rings is 1. The third-order valence-corrected chi connectivity index (χ3v) is 7.00. The Balaban J connectivity index is 1.46. The minimum atomic E-state index is -0.638. The first-order valence-electron chi connectivity index (χ1n) is 9.83. The molecule has 7 heteroatoms. The van der Waals surface area contributed by atoms with E-state index in [4.69, 9.17) is 9.47 Å². The average molecular weight is 416 g/mol. The zero-order valence-corrected chi connectivity index (χ0v) is 17.4. The fraction of sp³-hybridized carbons (Fsp3) is 0.455. The highest BCUT2D eigenvalue weighted by Crippen LogP contribution is 2.39. The van der Waals surface area contributed by atoms with Gasteiger partial charge < -0.3 is 19.5 Å². The predicted molar refractivity (Wildman–Crippen MR) is 109 cm³/mol. The number of thiophene rings is 1. The van der Waals surface area contributed by atoms with Gasteiger partial charge in [-0.1, -0.05) is 12.1 Å². The molecule has 2 aliphatic rings. The quantitative estimate of drug-likeness (QED) is 0.777. The number of aliphatic hydroxyl groups is 1. The van der Waals surface area contributed by atoms with Gasteiger partial charge in [0, 0.05) is 13.1 Å². The zero-order valence-electron chi connectivity index (χ0n) is 16.5. The van der Waals surface area contributed by atoms with Crippen LogP contribution in [0.4, 0.5) is 0 Å². The van der Waals surface area contributed by atoms with Crippen LogP contribution in [0.15, 0.2) is 35.7 Å². The summed E-state index contributed by atoms with van der Waals surface area (Å²) >= 11 is 1.48. The second-order valence-electron chi connectivity index (χ2n) is 7.85. The van der Waals surface area contributed by atoms with Crippen molar-refractivity contribution in [2.24, 2.45) is 11.8 Å². The number of hydrogen-bond donors (Lipinski definition) is 1. The summed E-state index contributed by atoms with van der Waals surface area (Å²) in [5, 5.41) is 12.6. The Labute approximate surface area is 174 Å². The van der Waals surface area contributed by atoms with Gasteiger partial charge in [-0.3, -0.25) is 4.79 Å². The minimum Gasteiger partial charge on any atom is -0.487 e. The lowest BCUT2D eigenvalue weighted by Crippen LogP contribution is -2.42. The summed E-state index contributed by atoms with van der Waals surface area (Å²) in [6.07, 6.45) is 0.179. The summed E-state index contributed by atoms with van der Waals surface area (Å²) in [6, 6.07) is 8.87. The topological polar surface area (TPSA) is 76.1 Å². The molecule has 2 aromatic rings. The highest BCUT2D eigenvalue weighted by Gasteiger charge is 2.44. The maximum absolute atomic E-state index is 12.9. The maximum Gasteiger partial charge on any atom is 0.341 e. The standard InChI is InChI=1S/C22H25NO5S/c1-13-7-8-29-20(13)21(25)23-11-14-9-17(24)19(10-15(14)12-23)28-18-6-4-3-5-16(18)22(26)27-2/h3-8,14-15,17,19,24H,9-12H2,1-2H3/t14-,15+,17+,19+/m0/s1. The number of esters is 1. The smallest absolute Gasteiger partial charge is 0.341 e. The molecule has 1 aromatic carbocycles. The van der Waals surface area contributed by atoms with Crippen LogP contribution in [0.1, 0.15) is 38.4 Å². The van der Waals surface area contributed by atoms with Gasteiger partial charge in [0.2, 0.25) is 0 Å². The van der Waals surface area contributed by atoms with E-state index in [1.807, 2.05) is 23.3 Å². The van der Waals surface area contributed by atoms with Crippen LogP contribution in [0, 0.1) is 18.8 Å². The molecule has 1 aliphatic carbocycles. The van der Waals surface area contributed by atoms with E-state index < -0.39 is 18.2 Å². The Morgan fingerprint density at radius 2 is 1.86 bits per heavy atom. The molecule has 2 fully saturated rings. The second kappa shape index (κ2) is 8.16. The normalized spacial score (nSPS) is 26.1. The molecular formula is C22H25NO5S. The van der Waals surface area contributed by atoms with E-state index in [-0.39, 0.29) is 17.7 Å². The number of para-hydroxylation sites is 1. The molecule has 2 heterocycles. The van der Waals surface area contributed by atoms with Crippen LogP contribution in [0.3, 0.4) is 0 Å². The number of fused-ring (bicyclic) bond motifs is 1. The molecule has 154 valence electrons. The number of methoxy groups -OCH3 is 1. The Kier molecular flexibility index (Phi) is 5.61. The van der Waals surface area contributed by atoms with Gasteiger partial charge in [-0.2, -0.15) is 0 Å². The Hall–Kier alpha value is -2.38. The molecule has 1 aromatic heterocycles. The number of ether oxygens (including phenoxy) is 2. The lowest BCUT2D eigenvalue weighted by Gasteiger charge is -2.35. The van der Waals surface area contributed by atoms with Crippen molar-refractivity contribution in [3.05, 3.63) is 51.7 Å². The van der Waals surface area contributed by atoms with Gasteiger partial charge in [-0.05, 0) is 60.7 Å². The number of rotatable bonds is 4. The first-order valence-corrected chi connectivity index (χ1v) is 10.7. The van der Waals surface area contributed by atoms with Gasteiger partial charge >= 0.3 is 5.97 Å². The fourth-order valence-electron chi connectivity index (χ4n) is 4.43. The molecule has 1 saturated heterocycles. The number of nitrogens with zero attached hydrogens (tertiary/aromatic N) is 1. The van der Waals surface area contributed by atoms with Crippen LogP contribution in [0.5, 0.6) is 5.75 Å². The summed E-state index contributed by atoms with van der Waals surface area (Å²) in [4.78, 5) is 27.6. The highest BCUT2D eigenvalue weighted by molar-refractivity contribution is 7.12. The average Bonchev–Trinajstić information content (AvgIpc) is 3.33. The fourth-order valence-corrected chi connectivity index (χ4v) is 5.32. The van der Waals surface area contributed by atoms with Crippen molar-refractivity contribution in [2.75, 3.05) is 20.2 Å². The SMILES string of the molecule is COC(=O)c1ccccc1O[C@@H]1C[C@@H]2CN(C(=O)c3sccc3C)C[C@@H]2C[C@H]1O. The van der Waals surface area contributed by atoms with Gasteiger partial charge in [-0.15, -0.1) is 11.3 Å². The van der Waals surface area contributed by atoms with E-state index in [0.717, 1.165) is 10.4 Å². The van der Waals surface area contributed by atoms with E-state index in [2.05, 4.69) is 0 Å². The third-order valence-electron chi connectivity index (χ3n) is 6.00. The number of hydrogen-bond acceptors (Lipinski definition) is 6. The van der Waals surface area contributed by atoms with E-state index in [1.165, 1.54) is 18.4 Å². The maximum atomic E-state index is 12.9. The van der Waals surface area contributed by atoms with Gasteiger partial charge in [0.05, 0.1) is 18.1 Å². The number of amides is 1. The summed E-state index contributed by atoms with van der Waals surface area (Å²) < 4.78 is 10.9. The van der Waals surface area contributed by atoms with E-state index >= 15 is 0 Å². The zero-order chi connectivity index (χ0) is 20.5. The van der Waals surface area contributed by atoms with E-state index in [1.54, 1.807) is 24.3 Å². The molecule has 0 bridgehead atoms. The van der Waals surface area contributed by atoms with Crippen LogP contribution in [0.2, 0.25) is 0 Å². The molecule has 1 amide bonds. The molecule has 29 heavy (non-hydrogen) atoms. The Morgan fingerprint density at radius 3 is 2.55 bits per heavy atom. The van der Waals surface area contributed by atoms with Crippen molar-refractivity contribution in [3.8, 4) is 5.75 Å². The summed E-state index contributed by atoms with van der Waals surface area (Å²) in [7, 11) is 1.33. The van der Waals surface area contributed by atoms with Gasteiger partial charge in [0.1, 0.15) is 17.4 Å². The van der Waals surface area contributed by atoms with Gasteiger partial charge in [-0.25, -0.2) is 4.79 Å². The molecule has 0 unspecified atom stereocenters. The number of aliphatic hydroxyl groups excluding tert-OH is 1. The Bertz CT molecular complexity index is 910. The molecule has 4 atom stereocenters. The lowest BCUT2D eigenvalue weighted by atomic mass is 9.78. The van der Waals surface area contributed by atoms with Crippen LogP contribution in [0.25, 0.3) is 0 Å². The second-order valence-corrected chi connectivity index (χ2v) is 8.76. The number of aryl methyl sites for hydroxylation is 1. The van der Waals surface area contributed by atoms with E-state index in [9.17, 15) is 14.7 Å². The third kappa shape index (κ3) is 3.89. The van der Waals surface area contributed by atoms with Crippen molar-refractivity contribution < 1.29 is 24.2 Å². The van der Waals surface area contributed by atoms with Crippen molar-refractivity contribution in [1.29, 1.82) is 0 Å². The van der Waals surface area contributed by atoms with Gasteiger partial charge in [0.25, 0.3) is 5.91 Å². The lowest BCUT2D eigenvalue weighted by molar-refractivity contribution is -0.0237. The first kappa shape index (κ1) is 19.9. The van der Waals surface area contributed by atoms with E-state index in [0.29, 0.717) is 37.2 Å². The number of likely N-dealkylation sites (tertiary alicyclic amines) is 1. The molecular weight excluding hydrogens is 390 g/mol. The molecule has 1 N–H and O–H groups in total. The minimum absolute atomic E-state index is 0.0786. The Morgan fingerprint density at radius 1 is 1.14 bits per heavy atom. The first-order chi connectivity index (χ1) is 14.0.